The minimum atomic E-state index is -0.588. The number of imide groups is 1. The van der Waals surface area contributed by atoms with E-state index in [4.69, 9.17) is 9.47 Å². The van der Waals surface area contributed by atoms with Crippen molar-refractivity contribution in [3.63, 3.8) is 0 Å². The van der Waals surface area contributed by atoms with Gasteiger partial charge in [0, 0.05) is 60.5 Å². The summed E-state index contributed by atoms with van der Waals surface area (Å²) < 4.78 is 13.8. The van der Waals surface area contributed by atoms with Gasteiger partial charge in [-0.25, -0.2) is 0 Å². The lowest BCUT2D eigenvalue weighted by molar-refractivity contribution is -0.136. The van der Waals surface area contributed by atoms with E-state index >= 15 is 0 Å². The molecule has 0 radical (unpaired) electrons. The highest BCUT2D eigenvalue weighted by molar-refractivity contribution is 7.22. The van der Waals surface area contributed by atoms with E-state index in [1.807, 2.05) is 36.4 Å². The zero-order valence-corrected chi connectivity index (χ0v) is 30.8. The molecule has 1 N–H and O–H groups in total. The number of nitrogens with zero attached hydrogens (tertiary/aromatic N) is 3. The van der Waals surface area contributed by atoms with E-state index in [2.05, 4.69) is 76.6 Å². The van der Waals surface area contributed by atoms with Crippen molar-refractivity contribution in [3.05, 3.63) is 108 Å². The number of anilines is 1. The second kappa shape index (κ2) is 15.4. The highest BCUT2D eigenvalue weighted by Crippen LogP contribution is 2.46. The van der Waals surface area contributed by atoms with Crippen molar-refractivity contribution in [1.29, 1.82) is 0 Å². The zero-order valence-electron chi connectivity index (χ0n) is 30.0. The topological polar surface area (TPSA) is 91.4 Å². The normalized spacial score (nSPS) is 17.7. The van der Waals surface area contributed by atoms with E-state index in [1.54, 1.807) is 16.2 Å². The van der Waals surface area contributed by atoms with Gasteiger partial charge in [-0.05, 0) is 105 Å². The second-order valence-corrected chi connectivity index (χ2v) is 15.2. The van der Waals surface area contributed by atoms with Gasteiger partial charge in [0.05, 0.1) is 11.5 Å². The molecule has 0 aliphatic carbocycles. The summed E-state index contributed by atoms with van der Waals surface area (Å²) >= 11 is 1.76. The molecular weight excluding hydrogens is 685 g/mol. The highest BCUT2D eigenvalue weighted by Gasteiger charge is 2.39. The minimum absolute atomic E-state index is 0.129. The number of hydrogen-bond donors (Lipinski definition) is 1. The monoisotopic (exact) mass is 728 g/mol. The first-order valence-electron chi connectivity index (χ1n) is 18.6. The number of carbonyl (C=O) groups excluding carboxylic acids is 3. The van der Waals surface area contributed by atoms with Gasteiger partial charge in [-0.1, -0.05) is 42.0 Å². The first-order chi connectivity index (χ1) is 25.9. The number of unbranched alkanes of at least 4 members (excludes halogenated alkanes) is 2. The van der Waals surface area contributed by atoms with Crippen LogP contribution in [-0.4, -0.2) is 72.9 Å². The molecule has 10 heteroatoms. The van der Waals surface area contributed by atoms with Crippen LogP contribution in [-0.2, 0) is 16.1 Å². The third-order valence-electron chi connectivity index (χ3n) is 10.5. The molecule has 53 heavy (non-hydrogen) atoms. The molecule has 0 spiro atoms. The molecule has 0 saturated carbocycles. The Morgan fingerprint density at radius 3 is 2.40 bits per heavy atom. The minimum Gasteiger partial charge on any atom is -0.494 e. The van der Waals surface area contributed by atoms with Crippen molar-refractivity contribution in [1.82, 2.24) is 15.1 Å². The summed E-state index contributed by atoms with van der Waals surface area (Å²) in [6.07, 6.45) is 3.88. The SMILES string of the molecule is Cc1ccc(-c2sc3ccccc3c2Oc2ccc(OCCCCCN3CCN(c4ccc5c(c4)CN(C4CCC(=O)NC4=O)C5=O)CC3)cc2)cc1. The smallest absolute Gasteiger partial charge is 0.255 e. The maximum Gasteiger partial charge on any atom is 0.255 e. The third kappa shape index (κ3) is 7.65. The van der Waals surface area contributed by atoms with E-state index in [9.17, 15) is 14.4 Å². The van der Waals surface area contributed by atoms with E-state index < -0.39 is 6.04 Å². The predicted octanol–water partition coefficient (Wildman–Crippen LogP) is 7.80. The van der Waals surface area contributed by atoms with Crippen LogP contribution in [0, 0.1) is 6.92 Å². The number of benzene rings is 4. The molecule has 5 aromatic rings. The summed E-state index contributed by atoms with van der Waals surface area (Å²) in [5, 5.41) is 3.49. The number of piperidine rings is 1. The standard InChI is InChI=1S/C43H44N4O5S/c1-29-9-11-30(12-10-29)41-40(36-7-3-4-8-38(36)53-41)52-34-16-14-33(15-17-34)51-26-6-2-5-21-45-22-24-46(25-23-45)32-13-18-35-31(27-32)28-47(43(35)50)37-19-20-39(48)44-42(37)49/h3-4,7-18,27,37H,2,5-6,19-26,28H2,1H3,(H,44,48,49). The molecule has 0 bridgehead atoms. The number of carbonyl (C=O) groups is 3. The molecule has 9 nitrogen and oxygen atoms in total. The van der Waals surface area contributed by atoms with Gasteiger partial charge in [0.2, 0.25) is 11.8 Å². The summed E-state index contributed by atoms with van der Waals surface area (Å²) in [6.45, 7) is 8.12. The van der Waals surface area contributed by atoms with E-state index in [0.717, 1.165) is 96.3 Å². The number of thiophene rings is 1. The summed E-state index contributed by atoms with van der Waals surface area (Å²) in [5.41, 5.74) is 5.12. The maximum atomic E-state index is 13.1. The predicted molar refractivity (Wildman–Crippen MR) is 209 cm³/mol. The van der Waals surface area contributed by atoms with Crippen molar-refractivity contribution < 1.29 is 23.9 Å². The molecular formula is C43H44N4O5S. The Kier molecular flexibility index (Phi) is 10.1. The fraction of sp³-hybridized carbons (Fsp3) is 0.326. The Morgan fingerprint density at radius 1 is 0.830 bits per heavy atom. The highest BCUT2D eigenvalue weighted by atomic mass is 32.1. The van der Waals surface area contributed by atoms with Gasteiger partial charge < -0.3 is 19.3 Å². The van der Waals surface area contributed by atoms with Crippen LogP contribution in [0.3, 0.4) is 0 Å². The lowest BCUT2D eigenvalue weighted by Crippen LogP contribution is -2.52. The zero-order chi connectivity index (χ0) is 36.3. The Labute approximate surface area is 314 Å². The summed E-state index contributed by atoms with van der Waals surface area (Å²) in [4.78, 5) is 44.7. The van der Waals surface area contributed by atoms with Crippen LogP contribution in [0.15, 0.2) is 91.0 Å². The molecule has 8 rings (SSSR count). The quantitative estimate of drug-likeness (QED) is 0.104. The van der Waals surface area contributed by atoms with Gasteiger partial charge in [-0.2, -0.15) is 0 Å². The maximum absolute atomic E-state index is 13.1. The van der Waals surface area contributed by atoms with Crippen molar-refractivity contribution in [2.24, 2.45) is 0 Å². The number of aryl methyl sites for hydroxylation is 1. The summed E-state index contributed by atoms with van der Waals surface area (Å²) in [7, 11) is 0. The van der Waals surface area contributed by atoms with Crippen LogP contribution >= 0.6 is 11.3 Å². The average Bonchev–Trinajstić information content (AvgIpc) is 3.70. The largest absolute Gasteiger partial charge is 0.494 e. The Balaban J connectivity index is 0.759. The number of ether oxygens (including phenoxy) is 2. The molecule has 1 aromatic heterocycles. The van der Waals surface area contributed by atoms with E-state index in [-0.39, 0.29) is 24.1 Å². The Morgan fingerprint density at radius 2 is 1.60 bits per heavy atom. The molecule has 272 valence electrons. The van der Waals surface area contributed by atoms with E-state index in [1.165, 1.54) is 10.3 Å². The van der Waals surface area contributed by atoms with Crippen LogP contribution in [0.1, 0.15) is 53.6 Å². The van der Waals surface area contributed by atoms with Gasteiger partial charge in [-0.3, -0.25) is 24.6 Å². The Bertz CT molecular complexity index is 2120. The van der Waals surface area contributed by atoms with Gasteiger partial charge in [-0.15, -0.1) is 11.3 Å². The van der Waals surface area contributed by atoms with Crippen molar-refractivity contribution in [3.8, 4) is 27.7 Å². The van der Waals surface area contributed by atoms with Crippen molar-refractivity contribution in [2.45, 2.75) is 51.6 Å². The number of amides is 3. The molecule has 4 heterocycles. The number of fused-ring (bicyclic) bond motifs is 2. The molecule has 4 aromatic carbocycles. The third-order valence-corrected chi connectivity index (χ3v) is 11.7. The molecule has 3 aliphatic rings. The summed E-state index contributed by atoms with van der Waals surface area (Å²) in [5.74, 6) is 1.76. The van der Waals surface area contributed by atoms with Crippen LogP contribution < -0.4 is 19.7 Å². The lowest BCUT2D eigenvalue weighted by Gasteiger charge is -2.36. The van der Waals surface area contributed by atoms with Crippen LogP contribution in [0.25, 0.3) is 20.5 Å². The first-order valence-corrected chi connectivity index (χ1v) is 19.5. The molecule has 1 unspecified atom stereocenters. The average molecular weight is 729 g/mol. The van der Waals surface area contributed by atoms with Gasteiger partial charge in [0.25, 0.3) is 5.91 Å². The molecule has 2 saturated heterocycles. The van der Waals surface area contributed by atoms with Crippen LogP contribution in [0.5, 0.6) is 17.2 Å². The second-order valence-electron chi connectivity index (χ2n) is 14.2. The molecule has 3 amide bonds. The van der Waals surface area contributed by atoms with E-state index in [0.29, 0.717) is 25.1 Å². The van der Waals surface area contributed by atoms with Crippen LogP contribution in [0.4, 0.5) is 5.69 Å². The van der Waals surface area contributed by atoms with Gasteiger partial charge in [0.15, 0.2) is 5.75 Å². The number of hydrogen-bond acceptors (Lipinski definition) is 8. The number of piperazine rings is 1. The Hall–Kier alpha value is -5.19. The van der Waals surface area contributed by atoms with Gasteiger partial charge >= 0.3 is 0 Å². The molecule has 2 fully saturated rings. The lowest BCUT2D eigenvalue weighted by atomic mass is 10.0. The fourth-order valence-electron chi connectivity index (χ4n) is 7.53. The van der Waals surface area contributed by atoms with Crippen molar-refractivity contribution in [2.75, 3.05) is 44.2 Å². The van der Waals surface area contributed by atoms with Gasteiger partial charge in [0.1, 0.15) is 17.5 Å². The fourth-order valence-corrected chi connectivity index (χ4v) is 8.67. The van der Waals surface area contributed by atoms with Crippen LogP contribution in [0.2, 0.25) is 0 Å². The first kappa shape index (κ1) is 34.9. The number of rotatable bonds is 12. The number of nitrogens with one attached hydrogen (secondary N) is 1. The van der Waals surface area contributed by atoms with Crippen molar-refractivity contribution >= 4 is 44.8 Å². The molecule has 1 atom stereocenters. The molecule has 3 aliphatic heterocycles. The summed E-state index contributed by atoms with van der Waals surface area (Å²) in [6, 6.07) is 30.4.